The number of rotatable bonds is 7. The van der Waals surface area contributed by atoms with Gasteiger partial charge in [-0.3, -0.25) is 14.4 Å². The zero-order valence-corrected chi connectivity index (χ0v) is 13.4. The number of hydrogen-bond acceptors (Lipinski definition) is 5. The summed E-state index contributed by atoms with van der Waals surface area (Å²) in [5.41, 5.74) is 0. The molecule has 0 bridgehead atoms. The highest BCUT2D eigenvalue weighted by molar-refractivity contribution is 5.92. The van der Waals surface area contributed by atoms with E-state index in [-0.39, 0.29) is 30.3 Å². The molecule has 1 aromatic carbocycles. The van der Waals surface area contributed by atoms with Crippen molar-refractivity contribution in [1.82, 2.24) is 5.32 Å². The number of nitrogens with one attached hydrogen (secondary N) is 1. The Balaban J connectivity index is 0.00000211. The number of carbonyl (C=O) groups excluding carboxylic acids is 3. The zero-order chi connectivity index (χ0) is 17.1. The second-order valence-electron chi connectivity index (χ2n) is 4.42. The first kappa shape index (κ1) is 19.6. The molecule has 0 saturated carbocycles. The predicted octanol–water partition coefficient (Wildman–Crippen LogP) is 1.85. The Kier molecular flexibility index (Phi) is 9.25. The largest absolute Gasteiger partial charge is 0.508 e. The summed E-state index contributed by atoms with van der Waals surface area (Å²) in [7, 11) is 0. The molecule has 0 aliphatic heterocycles. The molecule has 0 aliphatic rings. The number of carbonyl (C=O) groups is 3. The summed E-state index contributed by atoms with van der Waals surface area (Å²) in [6, 6.07) is 5.08. The van der Waals surface area contributed by atoms with Gasteiger partial charge in [-0.1, -0.05) is 13.8 Å². The molecular weight excluding hydrogens is 286 g/mol. The number of ketones is 2. The summed E-state index contributed by atoms with van der Waals surface area (Å²) >= 11 is 0. The minimum Gasteiger partial charge on any atom is -0.508 e. The highest BCUT2D eigenvalue weighted by atomic mass is 16.5. The molecule has 1 aromatic rings. The van der Waals surface area contributed by atoms with Gasteiger partial charge in [-0.05, 0) is 38.1 Å². The SMILES string of the molecule is CC.CC(=O)CC(NC(=O)COc1ccc(O)cc1)C(C)=O. The van der Waals surface area contributed by atoms with Gasteiger partial charge >= 0.3 is 0 Å². The lowest BCUT2D eigenvalue weighted by Crippen LogP contribution is -2.43. The molecular formula is C16H23NO5. The van der Waals surface area contributed by atoms with Crippen molar-refractivity contribution in [2.75, 3.05) is 6.61 Å². The maximum Gasteiger partial charge on any atom is 0.258 e. The number of phenolic OH excluding ortho intramolecular Hbond substituents is 1. The lowest BCUT2D eigenvalue weighted by molar-refractivity contribution is -0.129. The smallest absolute Gasteiger partial charge is 0.258 e. The zero-order valence-electron chi connectivity index (χ0n) is 13.4. The van der Waals surface area contributed by atoms with Crippen LogP contribution in [-0.2, 0) is 14.4 Å². The Labute approximate surface area is 130 Å². The first-order chi connectivity index (χ1) is 10.4. The molecule has 0 spiro atoms. The van der Waals surface area contributed by atoms with E-state index >= 15 is 0 Å². The molecule has 1 amide bonds. The molecule has 1 rings (SSSR count). The third-order valence-corrected chi connectivity index (χ3v) is 2.52. The molecule has 0 saturated heterocycles. The van der Waals surface area contributed by atoms with Crippen molar-refractivity contribution in [1.29, 1.82) is 0 Å². The van der Waals surface area contributed by atoms with Crippen LogP contribution in [0.3, 0.4) is 0 Å². The quantitative estimate of drug-likeness (QED) is 0.802. The molecule has 22 heavy (non-hydrogen) atoms. The minimum absolute atomic E-state index is 0.0275. The summed E-state index contributed by atoms with van der Waals surface area (Å²) in [5.74, 6) is -0.425. The summed E-state index contributed by atoms with van der Waals surface area (Å²) in [6.07, 6.45) is -0.0275. The predicted molar refractivity (Wildman–Crippen MR) is 82.9 cm³/mol. The average Bonchev–Trinajstić information content (AvgIpc) is 2.47. The van der Waals surface area contributed by atoms with Crippen LogP contribution in [0.2, 0.25) is 0 Å². The third-order valence-electron chi connectivity index (χ3n) is 2.52. The number of amides is 1. The Morgan fingerprint density at radius 1 is 1.14 bits per heavy atom. The van der Waals surface area contributed by atoms with E-state index in [0.717, 1.165) is 0 Å². The molecule has 1 unspecified atom stereocenters. The van der Waals surface area contributed by atoms with Gasteiger partial charge in [-0.25, -0.2) is 0 Å². The van der Waals surface area contributed by atoms with Crippen molar-refractivity contribution >= 4 is 17.5 Å². The van der Waals surface area contributed by atoms with E-state index in [2.05, 4.69) is 5.32 Å². The first-order valence-electron chi connectivity index (χ1n) is 7.09. The molecule has 0 aromatic heterocycles. The Bertz CT molecular complexity index is 496. The maximum absolute atomic E-state index is 11.6. The fourth-order valence-electron chi connectivity index (χ4n) is 1.51. The van der Waals surface area contributed by atoms with Crippen LogP contribution in [0.5, 0.6) is 11.5 Å². The molecule has 0 radical (unpaired) electrons. The summed E-state index contributed by atoms with van der Waals surface area (Å²) < 4.78 is 5.19. The number of phenols is 1. The van der Waals surface area contributed by atoms with Crippen LogP contribution in [-0.4, -0.2) is 35.2 Å². The van der Waals surface area contributed by atoms with E-state index < -0.39 is 11.9 Å². The van der Waals surface area contributed by atoms with E-state index in [9.17, 15) is 14.4 Å². The number of aromatic hydroxyl groups is 1. The van der Waals surface area contributed by atoms with Crippen molar-refractivity contribution in [2.45, 2.75) is 40.2 Å². The highest BCUT2D eigenvalue weighted by Crippen LogP contribution is 2.15. The lowest BCUT2D eigenvalue weighted by atomic mass is 10.1. The van der Waals surface area contributed by atoms with Crippen LogP contribution in [0.4, 0.5) is 0 Å². The van der Waals surface area contributed by atoms with Gasteiger partial charge in [0.2, 0.25) is 0 Å². The van der Waals surface area contributed by atoms with Crippen LogP contribution in [0.15, 0.2) is 24.3 Å². The number of ether oxygens (including phenoxy) is 1. The standard InChI is InChI=1S/C14H17NO5.C2H6/c1-9(16)7-13(10(2)17)15-14(19)8-20-12-5-3-11(18)4-6-12;1-2/h3-6,13,18H,7-8H2,1-2H3,(H,15,19);1-2H3. The van der Waals surface area contributed by atoms with Crippen LogP contribution >= 0.6 is 0 Å². The van der Waals surface area contributed by atoms with Gasteiger partial charge in [0.05, 0.1) is 6.04 Å². The van der Waals surface area contributed by atoms with E-state index in [1.54, 1.807) is 0 Å². The van der Waals surface area contributed by atoms with Crippen molar-refractivity contribution < 1.29 is 24.2 Å². The lowest BCUT2D eigenvalue weighted by Gasteiger charge is -2.14. The number of benzene rings is 1. The number of Topliss-reactive ketones (excluding diaryl/α,β-unsaturated/α-hetero) is 2. The second-order valence-corrected chi connectivity index (χ2v) is 4.42. The molecule has 6 heteroatoms. The molecule has 122 valence electrons. The summed E-state index contributed by atoms with van der Waals surface area (Å²) in [6.45, 7) is 6.40. The van der Waals surface area contributed by atoms with E-state index in [0.29, 0.717) is 5.75 Å². The Hall–Kier alpha value is -2.37. The van der Waals surface area contributed by atoms with Crippen molar-refractivity contribution in [3.63, 3.8) is 0 Å². The Morgan fingerprint density at radius 2 is 1.68 bits per heavy atom. The maximum atomic E-state index is 11.6. The fourth-order valence-corrected chi connectivity index (χ4v) is 1.51. The second kappa shape index (κ2) is 10.4. The van der Waals surface area contributed by atoms with E-state index in [1.165, 1.54) is 38.1 Å². The minimum atomic E-state index is -0.816. The Morgan fingerprint density at radius 3 is 2.14 bits per heavy atom. The van der Waals surface area contributed by atoms with Crippen molar-refractivity contribution in [3.8, 4) is 11.5 Å². The first-order valence-corrected chi connectivity index (χ1v) is 7.09. The molecule has 2 N–H and O–H groups in total. The van der Waals surface area contributed by atoms with Gasteiger partial charge < -0.3 is 15.2 Å². The van der Waals surface area contributed by atoms with Crippen molar-refractivity contribution in [3.05, 3.63) is 24.3 Å². The topological polar surface area (TPSA) is 92.7 Å². The fraction of sp³-hybridized carbons (Fsp3) is 0.438. The van der Waals surface area contributed by atoms with Crippen molar-refractivity contribution in [2.24, 2.45) is 0 Å². The van der Waals surface area contributed by atoms with Gasteiger partial charge in [-0.2, -0.15) is 0 Å². The molecule has 0 aliphatic carbocycles. The van der Waals surface area contributed by atoms with Gasteiger partial charge in [0.15, 0.2) is 12.4 Å². The van der Waals surface area contributed by atoms with Crippen LogP contribution in [0, 0.1) is 0 Å². The van der Waals surface area contributed by atoms with Gasteiger partial charge in [0, 0.05) is 6.42 Å². The van der Waals surface area contributed by atoms with E-state index in [1.807, 2.05) is 13.8 Å². The normalized spacial score (nSPS) is 10.7. The molecule has 6 nitrogen and oxygen atoms in total. The van der Waals surface area contributed by atoms with Crippen LogP contribution in [0.1, 0.15) is 34.1 Å². The van der Waals surface area contributed by atoms with Gasteiger partial charge in [0.25, 0.3) is 5.91 Å². The number of hydrogen-bond donors (Lipinski definition) is 2. The highest BCUT2D eigenvalue weighted by Gasteiger charge is 2.18. The van der Waals surface area contributed by atoms with E-state index in [4.69, 9.17) is 9.84 Å². The van der Waals surface area contributed by atoms with Crippen LogP contribution < -0.4 is 10.1 Å². The average molecular weight is 309 g/mol. The van der Waals surface area contributed by atoms with Crippen LogP contribution in [0.25, 0.3) is 0 Å². The van der Waals surface area contributed by atoms with Gasteiger partial charge in [-0.15, -0.1) is 0 Å². The monoisotopic (exact) mass is 309 g/mol. The summed E-state index contributed by atoms with van der Waals surface area (Å²) in [5, 5.41) is 11.5. The third kappa shape index (κ3) is 8.04. The molecule has 1 atom stereocenters. The summed E-state index contributed by atoms with van der Waals surface area (Å²) in [4.78, 5) is 33.9. The molecule has 0 fully saturated rings. The van der Waals surface area contributed by atoms with Gasteiger partial charge in [0.1, 0.15) is 17.3 Å². The molecule has 0 heterocycles.